The molecule has 158 valence electrons. The molecule has 0 aliphatic carbocycles. The van der Waals surface area contributed by atoms with Crippen molar-refractivity contribution in [1.82, 2.24) is 5.43 Å². The average Bonchev–Trinajstić information content (AvgIpc) is 3.15. The van der Waals surface area contributed by atoms with Crippen molar-refractivity contribution in [2.45, 2.75) is 13.3 Å². The van der Waals surface area contributed by atoms with E-state index in [2.05, 4.69) is 10.5 Å². The summed E-state index contributed by atoms with van der Waals surface area (Å²) in [7, 11) is 4.57. The van der Waals surface area contributed by atoms with Crippen LogP contribution in [0, 0.1) is 12.8 Å². The first-order valence-electron chi connectivity index (χ1n) is 9.46. The largest absolute Gasteiger partial charge is 0.493 e. The minimum atomic E-state index is -0.462. The molecule has 2 aromatic carbocycles. The van der Waals surface area contributed by atoms with Gasteiger partial charge in [0.1, 0.15) is 0 Å². The van der Waals surface area contributed by atoms with Gasteiger partial charge >= 0.3 is 0 Å². The lowest BCUT2D eigenvalue weighted by Crippen LogP contribution is -2.30. The Morgan fingerprint density at radius 3 is 2.30 bits per heavy atom. The van der Waals surface area contributed by atoms with Gasteiger partial charge in [-0.3, -0.25) is 9.59 Å². The molecular formula is C22H25N3O5. The van der Waals surface area contributed by atoms with Gasteiger partial charge < -0.3 is 19.1 Å². The lowest BCUT2D eigenvalue weighted by Gasteiger charge is -2.16. The molecule has 1 heterocycles. The van der Waals surface area contributed by atoms with Crippen LogP contribution in [0.3, 0.4) is 0 Å². The average molecular weight is 411 g/mol. The van der Waals surface area contributed by atoms with Crippen molar-refractivity contribution in [2.24, 2.45) is 11.0 Å². The Balaban J connectivity index is 1.65. The molecule has 8 heteroatoms. The molecule has 1 aliphatic rings. The third-order valence-corrected chi connectivity index (χ3v) is 4.92. The number of ether oxygens (including phenoxy) is 3. The van der Waals surface area contributed by atoms with Crippen LogP contribution < -0.4 is 24.5 Å². The van der Waals surface area contributed by atoms with Crippen LogP contribution in [0.1, 0.15) is 17.5 Å². The summed E-state index contributed by atoms with van der Waals surface area (Å²) in [6.07, 6.45) is 1.64. The third kappa shape index (κ3) is 4.53. The first-order valence-corrected chi connectivity index (χ1v) is 9.46. The quantitative estimate of drug-likeness (QED) is 0.559. The number of benzene rings is 2. The van der Waals surface area contributed by atoms with E-state index in [1.807, 2.05) is 31.2 Å². The fourth-order valence-electron chi connectivity index (χ4n) is 3.30. The van der Waals surface area contributed by atoms with Crippen molar-refractivity contribution >= 4 is 23.7 Å². The van der Waals surface area contributed by atoms with E-state index in [1.165, 1.54) is 27.5 Å². The van der Waals surface area contributed by atoms with Crippen molar-refractivity contribution in [3.8, 4) is 17.2 Å². The molecule has 1 saturated heterocycles. The number of hydrazone groups is 1. The first kappa shape index (κ1) is 21.2. The van der Waals surface area contributed by atoms with Crippen LogP contribution in [-0.4, -0.2) is 45.9 Å². The smallest absolute Gasteiger partial charge is 0.245 e. The third-order valence-electron chi connectivity index (χ3n) is 4.92. The number of amides is 2. The lowest BCUT2D eigenvalue weighted by atomic mass is 10.1. The molecule has 0 bridgehead atoms. The summed E-state index contributed by atoms with van der Waals surface area (Å²) in [5.41, 5.74) is 5.08. The number of carbonyl (C=O) groups excluding carboxylic acids is 2. The normalized spacial score (nSPS) is 16.1. The maximum Gasteiger partial charge on any atom is 0.245 e. The predicted molar refractivity (Wildman–Crippen MR) is 113 cm³/mol. The second-order valence-corrected chi connectivity index (χ2v) is 6.93. The van der Waals surface area contributed by atoms with Crippen molar-refractivity contribution in [3.05, 3.63) is 47.5 Å². The summed E-state index contributed by atoms with van der Waals surface area (Å²) in [4.78, 5) is 26.5. The van der Waals surface area contributed by atoms with E-state index in [0.29, 0.717) is 29.4 Å². The molecule has 2 amide bonds. The monoisotopic (exact) mass is 411 g/mol. The van der Waals surface area contributed by atoms with Gasteiger partial charge in [-0.25, -0.2) is 5.43 Å². The topological polar surface area (TPSA) is 89.5 Å². The van der Waals surface area contributed by atoms with Crippen LogP contribution in [0.25, 0.3) is 0 Å². The molecule has 8 nitrogen and oxygen atoms in total. The van der Waals surface area contributed by atoms with Crippen molar-refractivity contribution < 1.29 is 23.8 Å². The molecule has 1 N–H and O–H groups in total. The van der Waals surface area contributed by atoms with Gasteiger partial charge in [0, 0.05) is 24.2 Å². The Labute approximate surface area is 175 Å². The van der Waals surface area contributed by atoms with Crippen molar-refractivity contribution in [3.63, 3.8) is 0 Å². The van der Waals surface area contributed by atoms with Crippen molar-refractivity contribution in [1.29, 1.82) is 0 Å². The molecule has 3 rings (SSSR count). The summed E-state index contributed by atoms with van der Waals surface area (Å²) < 4.78 is 15.9. The fourth-order valence-corrected chi connectivity index (χ4v) is 3.30. The molecule has 1 aliphatic heterocycles. The van der Waals surface area contributed by atoms with Crippen LogP contribution >= 0.6 is 0 Å². The van der Waals surface area contributed by atoms with E-state index in [-0.39, 0.29) is 18.2 Å². The van der Waals surface area contributed by atoms with Gasteiger partial charge in [-0.05, 0) is 31.2 Å². The Bertz CT molecular complexity index is 931. The van der Waals surface area contributed by atoms with Crippen LogP contribution in [0.4, 0.5) is 5.69 Å². The minimum absolute atomic E-state index is 0.0763. The summed E-state index contributed by atoms with van der Waals surface area (Å²) in [5.74, 6) is 0.603. The van der Waals surface area contributed by atoms with E-state index < -0.39 is 5.92 Å². The van der Waals surface area contributed by atoms with Crippen LogP contribution in [0.15, 0.2) is 41.5 Å². The summed E-state index contributed by atoms with van der Waals surface area (Å²) in [6, 6.07) is 11.1. The van der Waals surface area contributed by atoms with Gasteiger partial charge in [-0.15, -0.1) is 0 Å². The zero-order valence-corrected chi connectivity index (χ0v) is 17.5. The Morgan fingerprint density at radius 1 is 1.10 bits per heavy atom. The number of nitrogens with zero attached hydrogens (tertiary/aromatic N) is 2. The molecule has 0 saturated carbocycles. The number of hydrogen-bond donors (Lipinski definition) is 1. The molecule has 2 aromatic rings. The molecule has 0 unspecified atom stereocenters. The van der Waals surface area contributed by atoms with Gasteiger partial charge in [0.25, 0.3) is 0 Å². The SMILES string of the molecule is COc1cc(/C=N\NC(=O)[C@H]2CC(=O)N(c3ccc(C)cc3)C2)cc(OC)c1OC. The summed E-state index contributed by atoms with van der Waals surface area (Å²) >= 11 is 0. The summed E-state index contributed by atoms with van der Waals surface area (Å²) in [5, 5.41) is 4.02. The standard InChI is InChI=1S/C22H25N3O5/c1-14-5-7-17(8-6-14)25-13-16(11-20(25)26)22(27)24-23-12-15-9-18(28-2)21(30-4)19(10-15)29-3/h5-10,12,16H,11,13H2,1-4H3,(H,24,27)/b23-12-/t16-/m0/s1. The maximum atomic E-state index is 12.5. The highest BCUT2D eigenvalue weighted by molar-refractivity contribution is 6.00. The van der Waals surface area contributed by atoms with Crippen LogP contribution in [0.5, 0.6) is 17.2 Å². The number of nitrogens with one attached hydrogen (secondary N) is 1. The number of rotatable bonds is 7. The molecule has 0 aromatic heterocycles. The predicted octanol–water partition coefficient (Wildman–Crippen LogP) is 2.52. The van der Waals surface area contributed by atoms with Crippen LogP contribution in [-0.2, 0) is 9.59 Å². The van der Waals surface area contributed by atoms with Gasteiger partial charge in [0.15, 0.2) is 11.5 Å². The molecular weight excluding hydrogens is 386 g/mol. The van der Waals surface area contributed by atoms with Crippen LogP contribution in [0.2, 0.25) is 0 Å². The van der Waals surface area contributed by atoms with E-state index >= 15 is 0 Å². The maximum absolute atomic E-state index is 12.5. The number of aryl methyl sites for hydroxylation is 1. The van der Waals surface area contributed by atoms with E-state index in [0.717, 1.165) is 11.3 Å². The Hall–Kier alpha value is -3.55. The van der Waals surface area contributed by atoms with E-state index in [4.69, 9.17) is 14.2 Å². The van der Waals surface area contributed by atoms with Crippen molar-refractivity contribution in [2.75, 3.05) is 32.8 Å². The lowest BCUT2D eigenvalue weighted by molar-refractivity contribution is -0.126. The van der Waals surface area contributed by atoms with Gasteiger partial charge in [-0.2, -0.15) is 5.10 Å². The minimum Gasteiger partial charge on any atom is -0.493 e. The zero-order chi connectivity index (χ0) is 21.7. The highest BCUT2D eigenvalue weighted by atomic mass is 16.5. The molecule has 0 spiro atoms. The summed E-state index contributed by atoms with van der Waals surface area (Å²) in [6.45, 7) is 2.31. The number of carbonyl (C=O) groups is 2. The molecule has 0 radical (unpaired) electrons. The molecule has 1 atom stereocenters. The molecule has 30 heavy (non-hydrogen) atoms. The number of hydrogen-bond acceptors (Lipinski definition) is 6. The highest BCUT2D eigenvalue weighted by Gasteiger charge is 2.35. The van der Waals surface area contributed by atoms with Gasteiger partial charge in [-0.1, -0.05) is 17.7 Å². The zero-order valence-electron chi connectivity index (χ0n) is 17.5. The number of methoxy groups -OCH3 is 3. The van der Waals surface area contributed by atoms with Gasteiger partial charge in [0.2, 0.25) is 17.6 Å². The van der Waals surface area contributed by atoms with E-state index in [9.17, 15) is 9.59 Å². The second-order valence-electron chi connectivity index (χ2n) is 6.93. The number of anilines is 1. The van der Waals surface area contributed by atoms with Gasteiger partial charge in [0.05, 0.1) is 33.5 Å². The molecule has 1 fully saturated rings. The Morgan fingerprint density at radius 2 is 1.73 bits per heavy atom. The Kier molecular flexibility index (Phi) is 6.56. The van der Waals surface area contributed by atoms with E-state index in [1.54, 1.807) is 17.0 Å². The fraction of sp³-hybridized carbons (Fsp3) is 0.318. The second kappa shape index (κ2) is 9.30. The first-order chi connectivity index (χ1) is 14.5. The highest BCUT2D eigenvalue weighted by Crippen LogP contribution is 2.37.